The molecule has 100 valence electrons. The van der Waals surface area contributed by atoms with Gasteiger partial charge in [-0.1, -0.05) is 0 Å². The summed E-state index contributed by atoms with van der Waals surface area (Å²) in [5.41, 5.74) is 6.13. The van der Waals surface area contributed by atoms with Gasteiger partial charge >= 0.3 is 0 Å². The van der Waals surface area contributed by atoms with Crippen LogP contribution in [0.4, 0.5) is 0 Å². The van der Waals surface area contributed by atoms with Gasteiger partial charge in [0.05, 0.1) is 25.4 Å². The van der Waals surface area contributed by atoms with Gasteiger partial charge in [-0.05, 0) is 32.1 Å². The smallest absolute Gasteiger partial charge is 0.0624 e. The summed E-state index contributed by atoms with van der Waals surface area (Å²) in [7, 11) is 1.79. The first kappa shape index (κ1) is 13.3. The Morgan fingerprint density at radius 3 is 2.82 bits per heavy atom. The van der Waals surface area contributed by atoms with Crippen LogP contribution >= 0.6 is 0 Å². The number of hydrogen-bond acceptors (Lipinski definition) is 4. The highest BCUT2D eigenvalue weighted by atomic mass is 16.5. The lowest BCUT2D eigenvalue weighted by Gasteiger charge is -2.29. The van der Waals surface area contributed by atoms with Gasteiger partial charge in [0, 0.05) is 25.7 Å². The molecule has 17 heavy (non-hydrogen) atoms. The van der Waals surface area contributed by atoms with E-state index >= 15 is 0 Å². The fourth-order valence-corrected chi connectivity index (χ4v) is 2.74. The van der Waals surface area contributed by atoms with Crippen LogP contribution in [-0.2, 0) is 14.2 Å². The van der Waals surface area contributed by atoms with E-state index in [9.17, 15) is 0 Å². The third kappa shape index (κ3) is 3.91. The molecular weight excluding hydrogens is 218 g/mol. The van der Waals surface area contributed by atoms with Crippen molar-refractivity contribution in [3.63, 3.8) is 0 Å². The van der Waals surface area contributed by atoms with E-state index in [1.54, 1.807) is 7.11 Å². The zero-order chi connectivity index (χ0) is 12.1. The largest absolute Gasteiger partial charge is 0.381 e. The van der Waals surface area contributed by atoms with Crippen molar-refractivity contribution >= 4 is 0 Å². The molecule has 0 bridgehead atoms. The number of nitrogens with two attached hydrogens (primary N) is 1. The van der Waals surface area contributed by atoms with Crippen molar-refractivity contribution in [2.45, 2.75) is 50.4 Å². The van der Waals surface area contributed by atoms with Crippen molar-refractivity contribution in [2.75, 3.05) is 26.9 Å². The summed E-state index contributed by atoms with van der Waals surface area (Å²) in [5.74, 6) is 0.483. The fourth-order valence-electron chi connectivity index (χ4n) is 2.74. The van der Waals surface area contributed by atoms with Crippen LogP contribution in [0, 0.1) is 5.92 Å². The Morgan fingerprint density at radius 1 is 1.29 bits per heavy atom. The van der Waals surface area contributed by atoms with Gasteiger partial charge in [0.1, 0.15) is 0 Å². The van der Waals surface area contributed by atoms with E-state index in [4.69, 9.17) is 19.9 Å². The lowest BCUT2D eigenvalue weighted by atomic mass is 9.94. The second kappa shape index (κ2) is 6.69. The van der Waals surface area contributed by atoms with Crippen LogP contribution in [0.5, 0.6) is 0 Å². The third-order valence-electron chi connectivity index (χ3n) is 4.01. The molecule has 0 radical (unpaired) electrons. The van der Waals surface area contributed by atoms with Crippen molar-refractivity contribution in [1.82, 2.24) is 0 Å². The molecule has 4 heteroatoms. The summed E-state index contributed by atoms with van der Waals surface area (Å²) >= 11 is 0. The minimum absolute atomic E-state index is 0.125. The fraction of sp³-hybridized carbons (Fsp3) is 1.00. The Kier molecular flexibility index (Phi) is 5.22. The van der Waals surface area contributed by atoms with Crippen LogP contribution < -0.4 is 5.73 Å². The van der Waals surface area contributed by atoms with Gasteiger partial charge in [0.2, 0.25) is 0 Å². The second-order valence-corrected chi connectivity index (χ2v) is 5.27. The van der Waals surface area contributed by atoms with E-state index in [0.717, 1.165) is 32.5 Å². The summed E-state index contributed by atoms with van der Waals surface area (Å²) in [4.78, 5) is 0. The van der Waals surface area contributed by atoms with Crippen molar-refractivity contribution in [2.24, 2.45) is 11.7 Å². The molecule has 2 aliphatic rings. The third-order valence-corrected chi connectivity index (χ3v) is 4.01. The van der Waals surface area contributed by atoms with Gasteiger partial charge in [-0.15, -0.1) is 0 Å². The monoisotopic (exact) mass is 243 g/mol. The summed E-state index contributed by atoms with van der Waals surface area (Å²) in [6, 6.07) is 0.125. The zero-order valence-corrected chi connectivity index (χ0v) is 10.8. The Balaban J connectivity index is 1.66. The molecule has 4 nitrogen and oxygen atoms in total. The molecule has 1 heterocycles. The second-order valence-electron chi connectivity index (χ2n) is 5.27. The summed E-state index contributed by atoms with van der Waals surface area (Å²) < 4.78 is 16.7. The van der Waals surface area contributed by atoms with Crippen molar-refractivity contribution in [3.05, 3.63) is 0 Å². The maximum absolute atomic E-state index is 6.13. The molecule has 2 rings (SSSR count). The lowest BCUT2D eigenvalue weighted by molar-refractivity contribution is -0.0368. The van der Waals surface area contributed by atoms with Crippen LogP contribution in [0.3, 0.4) is 0 Å². The van der Waals surface area contributed by atoms with Crippen molar-refractivity contribution in [3.8, 4) is 0 Å². The zero-order valence-electron chi connectivity index (χ0n) is 10.8. The quantitative estimate of drug-likeness (QED) is 0.791. The number of ether oxygens (including phenoxy) is 3. The van der Waals surface area contributed by atoms with E-state index in [1.807, 2.05) is 0 Å². The van der Waals surface area contributed by atoms with E-state index in [0.29, 0.717) is 24.7 Å². The van der Waals surface area contributed by atoms with Crippen LogP contribution in [0.15, 0.2) is 0 Å². The average Bonchev–Trinajstić information content (AvgIpc) is 2.90. The number of rotatable bonds is 5. The van der Waals surface area contributed by atoms with E-state index < -0.39 is 0 Å². The van der Waals surface area contributed by atoms with Gasteiger partial charge in [-0.25, -0.2) is 0 Å². The Hall–Kier alpha value is -0.160. The summed E-state index contributed by atoms with van der Waals surface area (Å²) in [5, 5.41) is 0. The Labute approximate surface area is 104 Å². The van der Waals surface area contributed by atoms with Crippen LogP contribution in [0.2, 0.25) is 0 Å². The molecule has 0 aromatic heterocycles. The molecule has 0 aromatic rings. The first-order chi connectivity index (χ1) is 8.29. The Morgan fingerprint density at radius 2 is 2.12 bits per heavy atom. The van der Waals surface area contributed by atoms with Gasteiger partial charge in [-0.2, -0.15) is 0 Å². The predicted octanol–water partition coefficient (Wildman–Crippen LogP) is 1.32. The highest BCUT2D eigenvalue weighted by Crippen LogP contribution is 2.24. The molecule has 1 aliphatic heterocycles. The number of hydrogen-bond donors (Lipinski definition) is 1. The minimum atomic E-state index is 0.125. The SMILES string of the molecule is COC1CCCC(OCC(N)C2CCOC2)C1. The molecule has 2 N–H and O–H groups in total. The van der Waals surface area contributed by atoms with Crippen LogP contribution in [-0.4, -0.2) is 45.2 Å². The van der Waals surface area contributed by atoms with Crippen LogP contribution in [0.1, 0.15) is 32.1 Å². The van der Waals surface area contributed by atoms with Crippen molar-refractivity contribution in [1.29, 1.82) is 0 Å². The van der Waals surface area contributed by atoms with Gasteiger partial charge < -0.3 is 19.9 Å². The number of methoxy groups -OCH3 is 1. The molecule has 1 saturated heterocycles. The summed E-state index contributed by atoms with van der Waals surface area (Å²) in [6.07, 6.45) is 6.32. The van der Waals surface area contributed by atoms with E-state index in [-0.39, 0.29) is 6.04 Å². The standard InChI is InChI=1S/C13H25NO3/c1-15-11-3-2-4-12(7-11)17-9-13(14)10-5-6-16-8-10/h10-13H,2-9,14H2,1H3. The maximum Gasteiger partial charge on any atom is 0.0624 e. The molecule has 1 aliphatic carbocycles. The normalized spacial score (nSPS) is 36.0. The summed E-state index contributed by atoms with van der Waals surface area (Å²) in [6.45, 7) is 2.32. The molecule has 0 amide bonds. The molecule has 2 fully saturated rings. The molecule has 1 saturated carbocycles. The lowest BCUT2D eigenvalue weighted by Crippen LogP contribution is -2.38. The highest BCUT2D eigenvalue weighted by Gasteiger charge is 2.26. The Bertz CT molecular complexity index is 219. The molecular formula is C13H25NO3. The van der Waals surface area contributed by atoms with Crippen LogP contribution in [0.25, 0.3) is 0 Å². The predicted molar refractivity (Wildman–Crippen MR) is 65.9 cm³/mol. The van der Waals surface area contributed by atoms with Gasteiger partial charge in [0.15, 0.2) is 0 Å². The van der Waals surface area contributed by atoms with E-state index in [1.165, 1.54) is 12.8 Å². The molecule has 4 unspecified atom stereocenters. The molecule has 4 atom stereocenters. The van der Waals surface area contributed by atoms with Crippen molar-refractivity contribution < 1.29 is 14.2 Å². The van der Waals surface area contributed by atoms with E-state index in [2.05, 4.69) is 0 Å². The topological polar surface area (TPSA) is 53.7 Å². The maximum atomic E-state index is 6.13. The first-order valence-corrected chi connectivity index (χ1v) is 6.77. The van der Waals surface area contributed by atoms with Gasteiger partial charge in [-0.3, -0.25) is 0 Å². The van der Waals surface area contributed by atoms with Gasteiger partial charge in [0.25, 0.3) is 0 Å². The first-order valence-electron chi connectivity index (χ1n) is 6.77. The molecule has 0 aromatic carbocycles. The molecule has 0 spiro atoms. The minimum Gasteiger partial charge on any atom is -0.381 e. The highest BCUT2D eigenvalue weighted by molar-refractivity contribution is 4.78. The average molecular weight is 243 g/mol.